The van der Waals surface area contributed by atoms with Crippen molar-refractivity contribution in [1.29, 1.82) is 0 Å². The van der Waals surface area contributed by atoms with Crippen LogP contribution >= 0.6 is 43.5 Å². The molecule has 7 heteroatoms. The molecule has 0 aliphatic carbocycles. The van der Waals surface area contributed by atoms with E-state index in [1.165, 1.54) is 0 Å². The van der Waals surface area contributed by atoms with Crippen LogP contribution in [0.5, 0.6) is 0 Å². The van der Waals surface area contributed by atoms with E-state index in [-0.39, 0.29) is 0 Å². The molecule has 0 aliphatic rings. The Morgan fingerprint density at radius 1 is 0.714 bits per heavy atom. The Bertz CT molecular complexity index is 1080. The maximum absolute atomic E-state index is 6.71. The summed E-state index contributed by atoms with van der Waals surface area (Å²) in [7, 11) is 0. The average Bonchev–Trinajstić information content (AvgIpc) is 3.02. The smallest absolute Gasteiger partial charge is 0.174 e. The first kappa shape index (κ1) is 19.1. The standard InChI is InChI=1S/C21H15Br2ClN4/c22-14-6-10-16(11-7-14)25-20-19(24)21(26-17-12-8-15(23)9-13-17)28(27-20)18-4-2-1-3-5-18/h1-13,26H,(H,25,27). The average molecular weight is 519 g/mol. The Labute approximate surface area is 184 Å². The predicted octanol–water partition coefficient (Wildman–Crippen LogP) is 7.54. The maximum Gasteiger partial charge on any atom is 0.174 e. The van der Waals surface area contributed by atoms with E-state index in [2.05, 4.69) is 42.5 Å². The van der Waals surface area contributed by atoms with E-state index in [1.54, 1.807) is 4.68 Å². The molecule has 0 amide bonds. The first-order chi connectivity index (χ1) is 13.6. The Hall–Kier alpha value is -2.28. The van der Waals surface area contributed by atoms with E-state index in [9.17, 15) is 0 Å². The van der Waals surface area contributed by atoms with Crippen LogP contribution in [-0.2, 0) is 0 Å². The Morgan fingerprint density at radius 2 is 1.25 bits per heavy atom. The predicted molar refractivity (Wildman–Crippen MR) is 123 cm³/mol. The van der Waals surface area contributed by atoms with Crippen LogP contribution in [0, 0.1) is 0 Å². The zero-order valence-corrected chi connectivity index (χ0v) is 18.5. The van der Waals surface area contributed by atoms with Crippen molar-refractivity contribution in [2.75, 3.05) is 10.6 Å². The number of halogens is 3. The fraction of sp³-hybridized carbons (Fsp3) is 0. The van der Waals surface area contributed by atoms with Gasteiger partial charge in [0.1, 0.15) is 5.02 Å². The molecule has 2 N–H and O–H groups in total. The molecule has 0 fully saturated rings. The second-order valence-electron chi connectivity index (χ2n) is 6.02. The number of nitrogens with one attached hydrogen (secondary N) is 2. The van der Waals surface area contributed by atoms with Gasteiger partial charge in [-0.2, -0.15) is 0 Å². The lowest BCUT2D eigenvalue weighted by Gasteiger charge is -2.10. The summed E-state index contributed by atoms with van der Waals surface area (Å²) in [6.45, 7) is 0. The summed E-state index contributed by atoms with van der Waals surface area (Å²) >= 11 is 13.6. The van der Waals surface area contributed by atoms with Gasteiger partial charge in [0.05, 0.1) is 5.69 Å². The molecule has 0 radical (unpaired) electrons. The van der Waals surface area contributed by atoms with Crippen LogP contribution < -0.4 is 10.6 Å². The van der Waals surface area contributed by atoms with Gasteiger partial charge in [-0.25, -0.2) is 4.68 Å². The number of hydrogen-bond donors (Lipinski definition) is 2. The first-order valence-electron chi connectivity index (χ1n) is 8.49. The third-order valence-corrected chi connectivity index (χ3v) is 5.46. The summed E-state index contributed by atoms with van der Waals surface area (Å²) in [6, 6.07) is 25.6. The topological polar surface area (TPSA) is 41.9 Å². The third-order valence-electron chi connectivity index (χ3n) is 4.04. The quantitative estimate of drug-likeness (QED) is 0.287. The van der Waals surface area contributed by atoms with Crippen molar-refractivity contribution in [3.8, 4) is 5.69 Å². The van der Waals surface area contributed by atoms with Crippen molar-refractivity contribution in [1.82, 2.24) is 9.78 Å². The summed E-state index contributed by atoms with van der Waals surface area (Å²) < 4.78 is 3.82. The summed E-state index contributed by atoms with van der Waals surface area (Å²) in [5, 5.41) is 11.9. The van der Waals surface area contributed by atoms with Crippen LogP contribution in [0.2, 0.25) is 5.02 Å². The number of para-hydroxylation sites is 1. The largest absolute Gasteiger partial charge is 0.339 e. The minimum absolute atomic E-state index is 0.509. The summed E-state index contributed by atoms with van der Waals surface area (Å²) in [5.41, 5.74) is 2.73. The van der Waals surface area contributed by atoms with Gasteiger partial charge < -0.3 is 10.6 Å². The molecule has 28 heavy (non-hydrogen) atoms. The van der Waals surface area contributed by atoms with Crippen LogP contribution in [0.15, 0.2) is 87.8 Å². The number of nitrogens with zero attached hydrogens (tertiary/aromatic N) is 2. The molecule has 0 saturated heterocycles. The van der Waals surface area contributed by atoms with Gasteiger partial charge >= 0.3 is 0 Å². The lowest BCUT2D eigenvalue weighted by molar-refractivity contribution is 0.892. The molecule has 0 unspecified atom stereocenters. The van der Waals surface area contributed by atoms with Crippen molar-refractivity contribution < 1.29 is 0 Å². The Morgan fingerprint density at radius 3 is 1.82 bits per heavy atom. The molecule has 0 aliphatic heterocycles. The molecule has 0 atom stereocenters. The lowest BCUT2D eigenvalue weighted by atomic mass is 10.3. The van der Waals surface area contributed by atoms with Gasteiger partial charge in [-0.15, -0.1) is 5.10 Å². The van der Waals surface area contributed by atoms with Gasteiger partial charge in [0.2, 0.25) is 0 Å². The van der Waals surface area contributed by atoms with E-state index in [0.717, 1.165) is 26.0 Å². The molecular weight excluding hydrogens is 504 g/mol. The number of hydrogen-bond acceptors (Lipinski definition) is 3. The van der Waals surface area contributed by atoms with Crippen molar-refractivity contribution in [3.63, 3.8) is 0 Å². The molecule has 4 nitrogen and oxygen atoms in total. The Kier molecular flexibility index (Phi) is 5.71. The fourth-order valence-corrected chi connectivity index (χ4v) is 3.42. The van der Waals surface area contributed by atoms with E-state index >= 15 is 0 Å². The fourth-order valence-electron chi connectivity index (χ4n) is 2.68. The van der Waals surface area contributed by atoms with Crippen LogP contribution in [0.4, 0.5) is 23.0 Å². The molecule has 4 aromatic rings. The molecule has 0 saturated carbocycles. The minimum atomic E-state index is 0.509. The second-order valence-corrected chi connectivity index (χ2v) is 8.23. The molecule has 4 rings (SSSR count). The number of aromatic nitrogens is 2. The highest BCUT2D eigenvalue weighted by Crippen LogP contribution is 2.36. The summed E-state index contributed by atoms with van der Waals surface area (Å²) in [6.07, 6.45) is 0. The van der Waals surface area contributed by atoms with E-state index in [1.807, 2.05) is 78.9 Å². The number of anilines is 4. The third kappa shape index (κ3) is 4.24. The van der Waals surface area contributed by atoms with E-state index in [4.69, 9.17) is 16.7 Å². The zero-order valence-electron chi connectivity index (χ0n) is 14.5. The second kappa shape index (κ2) is 8.39. The van der Waals surface area contributed by atoms with E-state index in [0.29, 0.717) is 16.7 Å². The number of benzene rings is 3. The van der Waals surface area contributed by atoms with Crippen LogP contribution in [0.1, 0.15) is 0 Å². The van der Waals surface area contributed by atoms with Crippen molar-refractivity contribution >= 4 is 66.5 Å². The molecule has 0 bridgehead atoms. The first-order valence-corrected chi connectivity index (χ1v) is 10.5. The molecule has 3 aromatic carbocycles. The summed E-state index contributed by atoms with van der Waals surface area (Å²) in [5.74, 6) is 1.27. The van der Waals surface area contributed by atoms with Crippen LogP contribution in [-0.4, -0.2) is 9.78 Å². The van der Waals surface area contributed by atoms with E-state index < -0.39 is 0 Å². The summed E-state index contributed by atoms with van der Waals surface area (Å²) in [4.78, 5) is 0. The molecule has 1 aromatic heterocycles. The molecular formula is C21H15Br2ClN4. The Balaban J connectivity index is 1.74. The number of rotatable bonds is 5. The highest BCUT2D eigenvalue weighted by atomic mass is 79.9. The van der Waals surface area contributed by atoms with Crippen molar-refractivity contribution in [2.24, 2.45) is 0 Å². The molecule has 0 spiro atoms. The van der Waals surface area contributed by atoms with Crippen LogP contribution in [0.25, 0.3) is 5.69 Å². The molecule has 140 valence electrons. The SMILES string of the molecule is Clc1c(Nc2ccc(Br)cc2)nn(-c2ccccc2)c1Nc1ccc(Br)cc1. The van der Waals surface area contributed by atoms with Crippen molar-refractivity contribution in [3.05, 3.63) is 92.8 Å². The van der Waals surface area contributed by atoms with Crippen LogP contribution in [0.3, 0.4) is 0 Å². The van der Waals surface area contributed by atoms with Gasteiger partial charge in [-0.05, 0) is 60.7 Å². The highest BCUT2D eigenvalue weighted by Gasteiger charge is 2.18. The zero-order chi connectivity index (χ0) is 19.5. The molecule has 1 heterocycles. The van der Waals surface area contributed by atoms with Crippen molar-refractivity contribution in [2.45, 2.75) is 0 Å². The minimum Gasteiger partial charge on any atom is -0.339 e. The highest BCUT2D eigenvalue weighted by molar-refractivity contribution is 9.10. The normalized spacial score (nSPS) is 10.7. The van der Waals surface area contributed by atoms with Gasteiger partial charge in [0, 0.05) is 20.3 Å². The lowest BCUT2D eigenvalue weighted by Crippen LogP contribution is -2.02. The van der Waals surface area contributed by atoms with Gasteiger partial charge in [-0.3, -0.25) is 0 Å². The van der Waals surface area contributed by atoms with Gasteiger partial charge in [-0.1, -0.05) is 61.7 Å². The van der Waals surface area contributed by atoms with Gasteiger partial charge in [0.15, 0.2) is 11.6 Å². The maximum atomic E-state index is 6.71. The monoisotopic (exact) mass is 516 g/mol. The van der Waals surface area contributed by atoms with Gasteiger partial charge in [0.25, 0.3) is 0 Å².